The van der Waals surface area contributed by atoms with Crippen LogP contribution in [0.25, 0.3) is 10.2 Å². The maximum Gasteiger partial charge on any atom is 0.259 e. The minimum atomic E-state index is -0.0480. The predicted molar refractivity (Wildman–Crippen MR) is 97.9 cm³/mol. The first-order valence-electron chi connectivity index (χ1n) is 7.98. The Bertz CT molecular complexity index is 800. The van der Waals surface area contributed by atoms with Crippen LogP contribution in [0.2, 0.25) is 0 Å². The van der Waals surface area contributed by atoms with Gasteiger partial charge in [0.1, 0.15) is 10.7 Å². The van der Waals surface area contributed by atoms with Crippen LogP contribution >= 0.6 is 23.1 Å². The predicted octanol–water partition coefficient (Wildman–Crippen LogP) is 1.86. The van der Waals surface area contributed by atoms with Crippen molar-refractivity contribution in [2.75, 3.05) is 19.5 Å². The van der Waals surface area contributed by atoms with E-state index in [0.717, 1.165) is 29.5 Å². The lowest BCUT2D eigenvalue weighted by molar-refractivity contribution is -0.119. The molecule has 3 rings (SSSR count). The van der Waals surface area contributed by atoms with Gasteiger partial charge in [0.05, 0.1) is 23.5 Å². The quantitative estimate of drug-likeness (QED) is 0.780. The van der Waals surface area contributed by atoms with Gasteiger partial charge in [-0.15, -0.1) is 23.1 Å². The van der Waals surface area contributed by atoms with Crippen molar-refractivity contribution >= 4 is 39.2 Å². The van der Waals surface area contributed by atoms with Crippen molar-refractivity contribution in [2.24, 2.45) is 0 Å². The number of aryl methyl sites for hydroxylation is 2. The van der Waals surface area contributed by atoms with Gasteiger partial charge in [0.25, 0.3) is 5.56 Å². The molecule has 0 radical (unpaired) electrons. The molecule has 1 aliphatic carbocycles. The largest absolute Gasteiger partial charge is 0.383 e. The van der Waals surface area contributed by atoms with Gasteiger partial charge in [-0.2, -0.15) is 0 Å². The molecule has 2 aromatic heterocycles. The summed E-state index contributed by atoms with van der Waals surface area (Å²) >= 11 is 3.08. The van der Waals surface area contributed by atoms with Crippen molar-refractivity contribution in [1.82, 2.24) is 15.3 Å². The highest BCUT2D eigenvalue weighted by molar-refractivity contribution is 7.99. The van der Waals surface area contributed by atoms with E-state index in [-0.39, 0.29) is 17.5 Å². The molecule has 0 aliphatic heterocycles. The number of carbonyl (C=O) groups excluding carboxylic acids is 1. The summed E-state index contributed by atoms with van der Waals surface area (Å²) in [7, 11) is 1.61. The van der Waals surface area contributed by atoms with Crippen molar-refractivity contribution < 1.29 is 9.53 Å². The second-order valence-electron chi connectivity index (χ2n) is 5.97. The molecule has 0 fully saturated rings. The summed E-state index contributed by atoms with van der Waals surface area (Å²) in [6, 6.07) is -0.00844. The SMILES string of the molecule is COCC(C)NC(=O)CSCc1nc2sc3c(c2c(=O)[nH]1)CCC3. The highest BCUT2D eigenvalue weighted by Crippen LogP contribution is 2.34. The number of methoxy groups -OCH3 is 1. The lowest BCUT2D eigenvalue weighted by Crippen LogP contribution is -2.36. The van der Waals surface area contributed by atoms with E-state index in [9.17, 15) is 9.59 Å². The fourth-order valence-corrected chi connectivity index (χ4v) is 4.95. The highest BCUT2D eigenvalue weighted by Gasteiger charge is 2.21. The Morgan fingerprint density at radius 3 is 3.12 bits per heavy atom. The van der Waals surface area contributed by atoms with Crippen LogP contribution in [0, 0.1) is 0 Å². The molecule has 130 valence electrons. The van der Waals surface area contributed by atoms with Gasteiger partial charge in [-0.05, 0) is 31.7 Å². The summed E-state index contributed by atoms with van der Waals surface area (Å²) in [5, 5.41) is 3.63. The fraction of sp³-hybridized carbons (Fsp3) is 0.562. The van der Waals surface area contributed by atoms with E-state index < -0.39 is 0 Å². The zero-order valence-electron chi connectivity index (χ0n) is 13.8. The second kappa shape index (κ2) is 7.67. The maximum atomic E-state index is 12.3. The molecular formula is C16H21N3O3S2. The fourth-order valence-electron chi connectivity index (χ4n) is 2.96. The molecule has 1 unspecified atom stereocenters. The molecule has 0 saturated carbocycles. The maximum absolute atomic E-state index is 12.3. The minimum Gasteiger partial charge on any atom is -0.383 e. The van der Waals surface area contributed by atoms with E-state index >= 15 is 0 Å². The molecule has 0 bridgehead atoms. The molecule has 2 N–H and O–H groups in total. The van der Waals surface area contributed by atoms with Crippen molar-refractivity contribution in [3.8, 4) is 0 Å². The average molecular weight is 367 g/mol. The molecule has 1 aliphatic rings. The number of nitrogens with zero attached hydrogens (tertiary/aromatic N) is 1. The molecule has 8 heteroatoms. The van der Waals surface area contributed by atoms with E-state index in [1.54, 1.807) is 18.4 Å². The first kappa shape index (κ1) is 17.4. The summed E-state index contributed by atoms with van der Waals surface area (Å²) < 4.78 is 4.99. The Balaban J connectivity index is 1.60. The molecule has 0 aromatic carbocycles. The number of rotatable bonds is 7. The van der Waals surface area contributed by atoms with Crippen molar-refractivity contribution in [2.45, 2.75) is 38.0 Å². The standard InChI is InChI=1S/C16H21N3O3S2/c1-9(6-22-2)17-13(20)8-23-7-12-18-15(21)14-10-4-3-5-11(10)24-16(14)19-12/h9H,3-8H2,1-2H3,(H,17,20)(H,18,19,21). The zero-order valence-corrected chi connectivity index (χ0v) is 15.4. The number of nitrogens with one attached hydrogen (secondary N) is 2. The van der Waals surface area contributed by atoms with E-state index in [1.807, 2.05) is 6.92 Å². The van der Waals surface area contributed by atoms with Crippen LogP contribution in [0.15, 0.2) is 4.79 Å². The summed E-state index contributed by atoms with van der Waals surface area (Å²) in [4.78, 5) is 33.7. The van der Waals surface area contributed by atoms with Crippen LogP contribution in [0.1, 0.15) is 29.6 Å². The number of fused-ring (bicyclic) bond motifs is 3. The van der Waals surface area contributed by atoms with Crippen LogP contribution in [-0.2, 0) is 28.1 Å². The molecular weight excluding hydrogens is 346 g/mol. The molecule has 24 heavy (non-hydrogen) atoms. The monoisotopic (exact) mass is 367 g/mol. The second-order valence-corrected chi connectivity index (χ2v) is 8.04. The summed E-state index contributed by atoms with van der Waals surface area (Å²) in [6.07, 6.45) is 3.17. The van der Waals surface area contributed by atoms with Crippen LogP contribution in [0.5, 0.6) is 0 Å². The molecule has 0 spiro atoms. The van der Waals surface area contributed by atoms with Gasteiger partial charge < -0.3 is 15.0 Å². The lowest BCUT2D eigenvalue weighted by atomic mass is 10.2. The lowest BCUT2D eigenvalue weighted by Gasteiger charge is -2.12. The molecule has 1 atom stereocenters. The topological polar surface area (TPSA) is 84.1 Å². The third kappa shape index (κ3) is 3.81. The number of hydrogen-bond donors (Lipinski definition) is 2. The minimum absolute atomic E-state index is 0.00844. The van der Waals surface area contributed by atoms with Gasteiger partial charge in [-0.3, -0.25) is 9.59 Å². The van der Waals surface area contributed by atoms with Gasteiger partial charge in [0.15, 0.2) is 0 Å². The van der Waals surface area contributed by atoms with Crippen LogP contribution in [0.4, 0.5) is 0 Å². The summed E-state index contributed by atoms with van der Waals surface area (Å²) in [5.41, 5.74) is 1.14. The number of H-pyrrole nitrogens is 1. The number of aromatic amines is 1. The van der Waals surface area contributed by atoms with Crippen molar-refractivity contribution in [3.05, 3.63) is 26.6 Å². The number of thioether (sulfide) groups is 1. The van der Waals surface area contributed by atoms with Gasteiger partial charge in [-0.1, -0.05) is 0 Å². The van der Waals surface area contributed by atoms with Crippen molar-refractivity contribution in [1.29, 1.82) is 0 Å². The Kier molecular flexibility index (Phi) is 5.57. The number of ether oxygens (including phenoxy) is 1. The number of hydrogen-bond acceptors (Lipinski definition) is 6. The van der Waals surface area contributed by atoms with Crippen molar-refractivity contribution in [3.63, 3.8) is 0 Å². The van der Waals surface area contributed by atoms with E-state index in [4.69, 9.17) is 4.74 Å². The molecule has 1 amide bonds. The average Bonchev–Trinajstić information content (AvgIpc) is 3.07. The molecule has 6 nitrogen and oxygen atoms in total. The Morgan fingerprint density at radius 2 is 2.33 bits per heavy atom. The first-order chi connectivity index (χ1) is 11.6. The van der Waals surface area contributed by atoms with Gasteiger partial charge >= 0.3 is 0 Å². The van der Waals surface area contributed by atoms with Crippen LogP contribution in [-0.4, -0.2) is 41.4 Å². The summed E-state index contributed by atoms with van der Waals surface area (Å²) in [5.74, 6) is 1.44. The summed E-state index contributed by atoms with van der Waals surface area (Å²) in [6.45, 7) is 2.39. The molecule has 0 saturated heterocycles. The van der Waals surface area contributed by atoms with E-state index in [2.05, 4.69) is 15.3 Å². The zero-order chi connectivity index (χ0) is 17.1. The van der Waals surface area contributed by atoms with E-state index in [0.29, 0.717) is 23.9 Å². The smallest absolute Gasteiger partial charge is 0.259 e. The molecule has 2 aromatic rings. The number of amides is 1. The highest BCUT2D eigenvalue weighted by atomic mass is 32.2. The van der Waals surface area contributed by atoms with Gasteiger partial charge in [0, 0.05) is 18.0 Å². The Morgan fingerprint density at radius 1 is 1.50 bits per heavy atom. The van der Waals surface area contributed by atoms with Gasteiger partial charge in [-0.25, -0.2) is 4.98 Å². The number of thiophene rings is 1. The Labute approximate surface area is 148 Å². The first-order valence-corrected chi connectivity index (χ1v) is 9.95. The van der Waals surface area contributed by atoms with Crippen LogP contribution < -0.4 is 10.9 Å². The van der Waals surface area contributed by atoms with Crippen LogP contribution in [0.3, 0.4) is 0 Å². The van der Waals surface area contributed by atoms with E-state index in [1.165, 1.54) is 22.2 Å². The molecule has 2 heterocycles. The normalized spacial score (nSPS) is 14.8. The van der Waals surface area contributed by atoms with Gasteiger partial charge in [0.2, 0.25) is 5.91 Å². The third-order valence-electron chi connectivity index (χ3n) is 3.92. The number of carbonyl (C=O) groups is 1. The third-order valence-corrected chi connectivity index (χ3v) is 6.05. The number of aromatic nitrogens is 2. The Hall–Kier alpha value is -1.38.